The molecular weight excluding hydrogens is 214 g/mol. The minimum atomic E-state index is -0.0985. The third-order valence-corrected chi connectivity index (χ3v) is 2.70. The van der Waals surface area contributed by atoms with Crippen LogP contribution in [0.25, 0.3) is 0 Å². The Labute approximate surface area is 103 Å². The SMILES string of the molecule is C/C=C/CNC(=O)C1CC=CN=C1CCNC. The summed E-state index contributed by atoms with van der Waals surface area (Å²) in [7, 11) is 1.90. The lowest BCUT2D eigenvalue weighted by Crippen LogP contribution is -2.36. The van der Waals surface area contributed by atoms with Crippen molar-refractivity contribution in [1.82, 2.24) is 10.6 Å². The number of carbonyl (C=O) groups excluding carboxylic acids is 1. The number of nitrogens with zero attached hydrogens (tertiary/aromatic N) is 1. The Morgan fingerprint density at radius 1 is 1.65 bits per heavy atom. The zero-order valence-electron chi connectivity index (χ0n) is 10.6. The van der Waals surface area contributed by atoms with Gasteiger partial charge in [0.2, 0.25) is 5.91 Å². The fourth-order valence-corrected chi connectivity index (χ4v) is 1.72. The molecule has 0 aromatic heterocycles. The second-order valence-corrected chi connectivity index (χ2v) is 3.96. The van der Waals surface area contributed by atoms with E-state index in [4.69, 9.17) is 0 Å². The second kappa shape index (κ2) is 7.79. The van der Waals surface area contributed by atoms with E-state index in [1.807, 2.05) is 32.2 Å². The smallest absolute Gasteiger partial charge is 0.229 e. The molecule has 94 valence electrons. The Hall–Kier alpha value is -1.42. The third-order valence-electron chi connectivity index (χ3n) is 2.70. The molecule has 0 fully saturated rings. The number of hydrogen-bond donors (Lipinski definition) is 2. The van der Waals surface area contributed by atoms with E-state index in [9.17, 15) is 4.79 Å². The van der Waals surface area contributed by atoms with Gasteiger partial charge in [0, 0.05) is 25.0 Å². The van der Waals surface area contributed by atoms with E-state index in [1.165, 1.54) is 0 Å². The lowest BCUT2D eigenvalue weighted by atomic mass is 9.94. The summed E-state index contributed by atoms with van der Waals surface area (Å²) < 4.78 is 0. The van der Waals surface area contributed by atoms with Crippen LogP contribution in [0.3, 0.4) is 0 Å². The molecule has 1 atom stereocenters. The molecule has 0 saturated carbocycles. The van der Waals surface area contributed by atoms with Gasteiger partial charge in [-0.25, -0.2) is 0 Å². The van der Waals surface area contributed by atoms with Crippen LogP contribution in [0.2, 0.25) is 0 Å². The summed E-state index contributed by atoms with van der Waals surface area (Å²) >= 11 is 0. The average molecular weight is 235 g/mol. The third kappa shape index (κ3) is 4.53. The molecule has 1 amide bonds. The number of amides is 1. The van der Waals surface area contributed by atoms with Crippen LogP contribution in [0.4, 0.5) is 0 Å². The molecule has 1 aliphatic heterocycles. The van der Waals surface area contributed by atoms with Crippen LogP contribution in [-0.4, -0.2) is 31.8 Å². The van der Waals surface area contributed by atoms with E-state index >= 15 is 0 Å². The van der Waals surface area contributed by atoms with Crippen LogP contribution in [0, 0.1) is 5.92 Å². The van der Waals surface area contributed by atoms with E-state index in [1.54, 1.807) is 6.20 Å². The fourth-order valence-electron chi connectivity index (χ4n) is 1.72. The summed E-state index contributed by atoms with van der Waals surface area (Å²) in [4.78, 5) is 16.3. The number of rotatable bonds is 6. The minimum absolute atomic E-state index is 0.0716. The van der Waals surface area contributed by atoms with Crippen LogP contribution in [0.1, 0.15) is 19.8 Å². The van der Waals surface area contributed by atoms with E-state index in [2.05, 4.69) is 15.6 Å². The predicted octanol–water partition coefficient (Wildman–Crippen LogP) is 1.26. The molecule has 0 aromatic carbocycles. The van der Waals surface area contributed by atoms with E-state index < -0.39 is 0 Å². The quantitative estimate of drug-likeness (QED) is 0.681. The number of nitrogens with one attached hydrogen (secondary N) is 2. The first-order chi connectivity index (χ1) is 8.29. The summed E-state index contributed by atoms with van der Waals surface area (Å²) in [6, 6.07) is 0. The number of carbonyl (C=O) groups is 1. The van der Waals surface area contributed by atoms with Gasteiger partial charge in [0.25, 0.3) is 0 Å². The first-order valence-corrected chi connectivity index (χ1v) is 6.04. The Bertz CT molecular complexity index is 332. The standard InChI is InChI=1S/C13H21N3O/c1-3-4-8-16-13(17)11-6-5-9-15-12(11)7-10-14-2/h3-5,9,11,14H,6-8,10H2,1-2H3,(H,16,17)/b4-3+. The molecule has 0 spiro atoms. The van der Waals surface area contributed by atoms with Crippen molar-refractivity contribution in [2.24, 2.45) is 10.9 Å². The summed E-state index contributed by atoms with van der Waals surface area (Å²) in [6.07, 6.45) is 9.17. The Balaban J connectivity index is 2.52. The van der Waals surface area contributed by atoms with Crippen molar-refractivity contribution in [3.05, 3.63) is 24.4 Å². The van der Waals surface area contributed by atoms with Crippen LogP contribution in [0.5, 0.6) is 0 Å². The summed E-state index contributed by atoms with van der Waals surface area (Å²) in [5.41, 5.74) is 0.972. The van der Waals surface area contributed by atoms with Crippen molar-refractivity contribution in [2.45, 2.75) is 19.8 Å². The van der Waals surface area contributed by atoms with Crippen LogP contribution in [-0.2, 0) is 4.79 Å². The molecule has 0 bridgehead atoms. The van der Waals surface area contributed by atoms with Crippen LogP contribution < -0.4 is 10.6 Å². The van der Waals surface area contributed by atoms with Crippen molar-refractivity contribution in [2.75, 3.05) is 20.1 Å². The van der Waals surface area contributed by atoms with Gasteiger partial charge in [-0.05, 0) is 26.8 Å². The van der Waals surface area contributed by atoms with Gasteiger partial charge in [0.05, 0.1) is 5.92 Å². The molecular formula is C13H21N3O. The maximum Gasteiger partial charge on any atom is 0.229 e. The number of hydrogen-bond acceptors (Lipinski definition) is 3. The molecule has 4 heteroatoms. The minimum Gasteiger partial charge on any atom is -0.352 e. The van der Waals surface area contributed by atoms with Crippen molar-refractivity contribution in [3.63, 3.8) is 0 Å². The molecule has 0 saturated heterocycles. The maximum absolute atomic E-state index is 12.0. The molecule has 1 heterocycles. The molecule has 1 aliphatic rings. The highest BCUT2D eigenvalue weighted by molar-refractivity contribution is 6.05. The highest BCUT2D eigenvalue weighted by Gasteiger charge is 2.23. The largest absolute Gasteiger partial charge is 0.352 e. The first-order valence-electron chi connectivity index (χ1n) is 6.04. The van der Waals surface area contributed by atoms with Gasteiger partial charge >= 0.3 is 0 Å². The van der Waals surface area contributed by atoms with Gasteiger partial charge in [-0.1, -0.05) is 18.2 Å². The summed E-state index contributed by atoms with van der Waals surface area (Å²) in [5, 5.41) is 5.98. The number of allylic oxidation sites excluding steroid dienone is 2. The van der Waals surface area contributed by atoms with Crippen LogP contribution in [0.15, 0.2) is 29.4 Å². The summed E-state index contributed by atoms with van der Waals surface area (Å²) in [5.74, 6) is -0.0269. The Morgan fingerprint density at radius 2 is 2.47 bits per heavy atom. The van der Waals surface area contributed by atoms with Gasteiger partial charge in [-0.3, -0.25) is 9.79 Å². The molecule has 1 unspecified atom stereocenters. The van der Waals surface area contributed by atoms with Crippen molar-refractivity contribution >= 4 is 11.6 Å². The number of aliphatic imine (C=N–C) groups is 1. The molecule has 0 aliphatic carbocycles. The van der Waals surface area contributed by atoms with E-state index in [0.29, 0.717) is 6.54 Å². The normalized spacial score (nSPS) is 19.4. The van der Waals surface area contributed by atoms with Crippen molar-refractivity contribution in [1.29, 1.82) is 0 Å². The molecule has 4 nitrogen and oxygen atoms in total. The second-order valence-electron chi connectivity index (χ2n) is 3.96. The highest BCUT2D eigenvalue weighted by atomic mass is 16.1. The molecule has 1 rings (SSSR count). The zero-order valence-corrected chi connectivity index (χ0v) is 10.6. The van der Waals surface area contributed by atoms with Gasteiger partial charge in [-0.15, -0.1) is 0 Å². The average Bonchev–Trinajstić information content (AvgIpc) is 2.37. The zero-order chi connectivity index (χ0) is 12.5. The monoisotopic (exact) mass is 235 g/mol. The fraction of sp³-hybridized carbons (Fsp3) is 0.538. The maximum atomic E-state index is 12.0. The summed E-state index contributed by atoms with van der Waals surface area (Å²) in [6.45, 7) is 3.38. The Kier molecular flexibility index (Phi) is 6.25. The molecule has 2 N–H and O–H groups in total. The van der Waals surface area contributed by atoms with E-state index in [-0.39, 0.29) is 11.8 Å². The highest BCUT2D eigenvalue weighted by Crippen LogP contribution is 2.15. The van der Waals surface area contributed by atoms with Gasteiger partial charge < -0.3 is 10.6 Å². The van der Waals surface area contributed by atoms with Gasteiger partial charge in [-0.2, -0.15) is 0 Å². The first kappa shape index (κ1) is 13.6. The molecule has 0 aromatic rings. The molecule has 0 radical (unpaired) electrons. The predicted molar refractivity (Wildman–Crippen MR) is 71.0 cm³/mol. The topological polar surface area (TPSA) is 53.5 Å². The van der Waals surface area contributed by atoms with Gasteiger partial charge in [0.1, 0.15) is 0 Å². The van der Waals surface area contributed by atoms with Gasteiger partial charge in [0.15, 0.2) is 0 Å². The Morgan fingerprint density at radius 3 is 3.18 bits per heavy atom. The lowest BCUT2D eigenvalue weighted by molar-refractivity contribution is -0.122. The van der Waals surface area contributed by atoms with Crippen molar-refractivity contribution < 1.29 is 4.79 Å². The van der Waals surface area contributed by atoms with E-state index in [0.717, 1.165) is 25.1 Å². The molecule has 17 heavy (non-hydrogen) atoms. The lowest BCUT2D eigenvalue weighted by Gasteiger charge is -2.19. The van der Waals surface area contributed by atoms with Crippen molar-refractivity contribution in [3.8, 4) is 0 Å². The van der Waals surface area contributed by atoms with Crippen LogP contribution >= 0.6 is 0 Å².